The Kier molecular flexibility index (Phi) is 4.18. The molecule has 5 heteroatoms. The molecule has 1 atom stereocenters. The highest BCUT2D eigenvalue weighted by Crippen LogP contribution is 2.40. The van der Waals surface area contributed by atoms with Crippen LogP contribution in [0.1, 0.15) is 22.1 Å². The van der Waals surface area contributed by atoms with Crippen molar-refractivity contribution in [1.82, 2.24) is 0 Å². The third-order valence-electron chi connectivity index (χ3n) is 3.55. The second-order valence-electron chi connectivity index (χ2n) is 4.97. The molecule has 0 saturated heterocycles. The number of rotatable bonds is 3. The van der Waals surface area contributed by atoms with E-state index in [1.807, 2.05) is 12.1 Å². The molecule has 1 aliphatic heterocycles. The second kappa shape index (κ2) is 5.93. The van der Waals surface area contributed by atoms with Crippen LogP contribution < -0.4 is 4.74 Å². The standard InChI is InChI=1S/C16H12BrClF2O/c17-11-6-10-4-5-21-16(10)12(8-11)13(18)7-9-2-1-3-14(19)15(9)20/h1-3,6,8,13H,4-5,7H2. The summed E-state index contributed by atoms with van der Waals surface area (Å²) in [4.78, 5) is 0. The molecule has 0 radical (unpaired) electrons. The summed E-state index contributed by atoms with van der Waals surface area (Å²) >= 11 is 9.88. The van der Waals surface area contributed by atoms with Crippen molar-refractivity contribution in [3.63, 3.8) is 0 Å². The molecule has 0 N–H and O–H groups in total. The van der Waals surface area contributed by atoms with Gasteiger partial charge in [-0.2, -0.15) is 0 Å². The summed E-state index contributed by atoms with van der Waals surface area (Å²) < 4.78 is 33.6. The molecule has 1 unspecified atom stereocenters. The summed E-state index contributed by atoms with van der Waals surface area (Å²) in [6, 6.07) is 8.01. The molecular formula is C16H12BrClF2O. The van der Waals surface area contributed by atoms with Crippen LogP contribution in [-0.2, 0) is 12.8 Å². The van der Waals surface area contributed by atoms with Crippen LogP contribution in [0.2, 0.25) is 0 Å². The fourth-order valence-corrected chi connectivity index (χ4v) is 3.39. The van der Waals surface area contributed by atoms with Gasteiger partial charge in [0, 0.05) is 16.5 Å². The Morgan fingerprint density at radius 2 is 2.10 bits per heavy atom. The Morgan fingerprint density at radius 3 is 2.90 bits per heavy atom. The highest BCUT2D eigenvalue weighted by atomic mass is 79.9. The fourth-order valence-electron chi connectivity index (χ4n) is 2.54. The van der Waals surface area contributed by atoms with Crippen molar-refractivity contribution in [3.8, 4) is 5.75 Å². The quantitative estimate of drug-likeness (QED) is 0.673. The zero-order valence-electron chi connectivity index (χ0n) is 11.0. The van der Waals surface area contributed by atoms with E-state index >= 15 is 0 Å². The number of hydrogen-bond acceptors (Lipinski definition) is 1. The van der Waals surface area contributed by atoms with Crippen LogP contribution in [-0.4, -0.2) is 6.61 Å². The largest absolute Gasteiger partial charge is 0.493 e. The minimum atomic E-state index is -0.855. The lowest BCUT2D eigenvalue weighted by Crippen LogP contribution is -2.02. The first-order chi connectivity index (χ1) is 10.1. The summed E-state index contributed by atoms with van der Waals surface area (Å²) in [5.41, 5.74) is 2.16. The number of ether oxygens (including phenoxy) is 1. The first-order valence-corrected chi connectivity index (χ1v) is 7.81. The van der Waals surface area contributed by atoms with Crippen LogP contribution in [0.25, 0.3) is 0 Å². The van der Waals surface area contributed by atoms with Crippen LogP contribution in [0, 0.1) is 11.6 Å². The van der Waals surface area contributed by atoms with Gasteiger partial charge in [-0.1, -0.05) is 28.1 Å². The normalized spacial score (nSPS) is 14.7. The Labute approximate surface area is 135 Å². The van der Waals surface area contributed by atoms with Gasteiger partial charge in [-0.3, -0.25) is 0 Å². The molecule has 0 aromatic heterocycles. The summed E-state index contributed by atoms with van der Waals surface area (Å²) in [6.45, 7) is 0.622. The number of benzene rings is 2. The molecule has 3 rings (SSSR count). The van der Waals surface area contributed by atoms with Crippen molar-refractivity contribution in [1.29, 1.82) is 0 Å². The van der Waals surface area contributed by atoms with Crippen molar-refractivity contribution in [2.45, 2.75) is 18.2 Å². The summed E-state index contributed by atoms with van der Waals surface area (Å²) in [7, 11) is 0. The number of alkyl halides is 1. The molecule has 110 valence electrons. The predicted octanol–water partition coefficient (Wildman–Crippen LogP) is 5.18. The SMILES string of the molecule is Fc1cccc(CC(Cl)c2cc(Br)cc3c2OCC3)c1F. The second-order valence-corrected chi connectivity index (χ2v) is 6.41. The van der Waals surface area contributed by atoms with E-state index in [4.69, 9.17) is 16.3 Å². The predicted molar refractivity (Wildman–Crippen MR) is 82.0 cm³/mol. The minimum Gasteiger partial charge on any atom is -0.493 e. The molecule has 0 amide bonds. The zero-order chi connectivity index (χ0) is 15.0. The molecule has 2 aromatic carbocycles. The molecular weight excluding hydrogens is 362 g/mol. The van der Waals surface area contributed by atoms with Gasteiger partial charge in [0.2, 0.25) is 0 Å². The van der Waals surface area contributed by atoms with Crippen LogP contribution in [0.15, 0.2) is 34.8 Å². The molecule has 0 aliphatic carbocycles. The van der Waals surface area contributed by atoms with E-state index in [2.05, 4.69) is 15.9 Å². The molecule has 0 spiro atoms. The van der Waals surface area contributed by atoms with Crippen LogP contribution in [0.3, 0.4) is 0 Å². The van der Waals surface area contributed by atoms with Gasteiger partial charge >= 0.3 is 0 Å². The molecule has 0 saturated carbocycles. The van der Waals surface area contributed by atoms with E-state index in [0.29, 0.717) is 6.61 Å². The lowest BCUT2D eigenvalue weighted by Gasteiger charge is -2.15. The minimum absolute atomic E-state index is 0.206. The van der Waals surface area contributed by atoms with E-state index < -0.39 is 17.0 Å². The monoisotopic (exact) mass is 372 g/mol. The molecule has 0 bridgehead atoms. The summed E-state index contributed by atoms with van der Waals surface area (Å²) in [5, 5.41) is -0.481. The van der Waals surface area contributed by atoms with E-state index in [1.54, 1.807) is 6.07 Å². The molecule has 0 fully saturated rings. The summed E-state index contributed by atoms with van der Waals surface area (Å²) in [5.74, 6) is -0.919. The van der Waals surface area contributed by atoms with Gasteiger partial charge < -0.3 is 4.74 Å². The third-order valence-corrected chi connectivity index (χ3v) is 4.39. The molecule has 1 aliphatic rings. The van der Waals surface area contributed by atoms with E-state index in [-0.39, 0.29) is 12.0 Å². The Bertz CT molecular complexity index is 690. The van der Waals surface area contributed by atoms with Gasteiger partial charge in [0.25, 0.3) is 0 Å². The van der Waals surface area contributed by atoms with Crippen molar-refractivity contribution in [2.75, 3.05) is 6.61 Å². The molecule has 2 aromatic rings. The first-order valence-electron chi connectivity index (χ1n) is 6.58. The lowest BCUT2D eigenvalue weighted by atomic mass is 10.00. The van der Waals surface area contributed by atoms with Gasteiger partial charge in [-0.05, 0) is 35.7 Å². The first kappa shape index (κ1) is 14.8. The van der Waals surface area contributed by atoms with Crippen LogP contribution in [0.4, 0.5) is 8.78 Å². The van der Waals surface area contributed by atoms with Crippen molar-refractivity contribution >= 4 is 27.5 Å². The van der Waals surface area contributed by atoms with Crippen LogP contribution in [0.5, 0.6) is 5.75 Å². The topological polar surface area (TPSA) is 9.23 Å². The Morgan fingerprint density at radius 1 is 1.29 bits per heavy atom. The van der Waals surface area contributed by atoms with Crippen molar-refractivity contribution in [2.24, 2.45) is 0 Å². The maximum atomic E-state index is 13.8. The average Bonchev–Trinajstić information content (AvgIpc) is 2.90. The fraction of sp³-hybridized carbons (Fsp3) is 0.250. The molecule has 1 heterocycles. The Hall–Kier alpha value is -1.13. The highest BCUT2D eigenvalue weighted by molar-refractivity contribution is 9.10. The highest BCUT2D eigenvalue weighted by Gasteiger charge is 2.23. The number of halogens is 4. The molecule has 21 heavy (non-hydrogen) atoms. The van der Waals surface area contributed by atoms with Crippen LogP contribution >= 0.6 is 27.5 Å². The Balaban J connectivity index is 1.93. The zero-order valence-corrected chi connectivity index (χ0v) is 13.3. The number of hydrogen-bond donors (Lipinski definition) is 0. The van der Waals surface area contributed by atoms with E-state index in [9.17, 15) is 8.78 Å². The van der Waals surface area contributed by atoms with E-state index in [0.717, 1.165) is 33.8 Å². The van der Waals surface area contributed by atoms with Crippen molar-refractivity contribution < 1.29 is 13.5 Å². The lowest BCUT2D eigenvalue weighted by molar-refractivity contribution is 0.353. The van der Waals surface area contributed by atoms with Gasteiger partial charge in [0.15, 0.2) is 11.6 Å². The van der Waals surface area contributed by atoms with Gasteiger partial charge in [0.1, 0.15) is 5.75 Å². The van der Waals surface area contributed by atoms with Gasteiger partial charge in [-0.25, -0.2) is 8.78 Å². The van der Waals surface area contributed by atoms with E-state index in [1.165, 1.54) is 6.07 Å². The maximum absolute atomic E-state index is 13.8. The van der Waals surface area contributed by atoms with Gasteiger partial charge in [-0.15, -0.1) is 11.6 Å². The summed E-state index contributed by atoms with van der Waals surface area (Å²) in [6.07, 6.45) is 1.04. The average molecular weight is 374 g/mol. The number of fused-ring (bicyclic) bond motifs is 1. The molecule has 1 nitrogen and oxygen atoms in total. The van der Waals surface area contributed by atoms with Gasteiger partial charge in [0.05, 0.1) is 12.0 Å². The van der Waals surface area contributed by atoms with Crippen molar-refractivity contribution in [3.05, 3.63) is 63.1 Å². The maximum Gasteiger partial charge on any atom is 0.162 e. The smallest absolute Gasteiger partial charge is 0.162 e. The third kappa shape index (κ3) is 2.92.